The van der Waals surface area contributed by atoms with Gasteiger partial charge in [-0.15, -0.1) is 0 Å². The highest BCUT2D eigenvalue weighted by atomic mass is 35.5. The first kappa shape index (κ1) is 15.0. The number of hydrogen-bond acceptors (Lipinski definition) is 3. The highest BCUT2D eigenvalue weighted by molar-refractivity contribution is 6.31. The van der Waals surface area contributed by atoms with Crippen molar-refractivity contribution in [2.24, 2.45) is 0 Å². The Morgan fingerprint density at radius 1 is 1.40 bits per heavy atom. The topological polar surface area (TPSA) is 57.8 Å². The maximum Gasteiger partial charge on any atom is 0.258 e. The first-order valence-corrected chi connectivity index (χ1v) is 7.22. The van der Waals surface area contributed by atoms with Crippen molar-refractivity contribution in [1.29, 1.82) is 0 Å². The summed E-state index contributed by atoms with van der Waals surface area (Å²) in [5.74, 6) is 0.633. The molecule has 2 aromatic rings. The minimum Gasteiger partial charge on any atom is -0.309 e. The molecule has 1 heterocycles. The van der Waals surface area contributed by atoms with Gasteiger partial charge in [-0.05, 0) is 38.5 Å². The smallest absolute Gasteiger partial charge is 0.258 e. The number of nitrogens with one attached hydrogen (secondary N) is 2. The van der Waals surface area contributed by atoms with Crippen LogP contribution < -0.4 is 10.9 Å². The number of rotatable bonds is 5. The van der Waals surface area contributed by atoms with Crippen LogP contribution in [0.4, 0.5) is 0 Å². The molecular weight excluding hydrogens is 274 g/mol. The Balaban J connectivity index is 2.25. The monoisotopic (exact) mass is 293 g/mol. The van der Waals surface area contributed by atoms with Crippen molar-refractivity contribution in [3.63, 3.8) is 0 Å². The molecule has 1 aromatic heterocycles. The third-order valence-electron chi connectivity index (χ3n) is 3.33. The van der Waals surface area contributed by atoms with E-state index in [0.717, 1.165) is 12.8 Å². The van der Waals surface area contributed by atoms with E-state index in [9.17, 15) is 4.79 Å². The van der Waals surface area contributed by atoms with E-state index in [1.165, 1.54) is 0 Å². The molecule has 0 bridgehead atoms. The molecular formula is C15H20ClN3O. The van der Waals surface area contributed by atoms with E-state index < -0.39 is 0 Å². The van der Waals surface area contributed by atoms with E-state index >= 15 is 0 Å². The number of H-pyrrole nitrogens is 1. The van der Waals surface area contributed by atoms with Crippen molar-refractivity contribution in [3.05, 3.63) is 39.4 Å². The van der Waals surface area contributed by atoms with E-state index in [1.807, 2.05) is 0 Å². The van der Waals surface area contributed by atoms with E-state index in [0.29, 0.717) is 28.3 Å². The van der Waals surface area contributed by atoms with Gasteiger partial charge < -0.3 is 10.3 Å². The van der Waals surface area contributed by atoms with Crippen LogP contribution in [0.5, 0.6) is 0 Å². The van der Waals surface area contributed by atoms with Crippen molar-refractivity contribution in [2.75, 3.05) is 0 Å². The minimum atomic E-state index is -0.128. The van der Waals surface area contributed by atoms with Gasteiger partial charge >= 0.3 is 0 Å². The number of aromatic amines is 1. The first-order chi connectivity index (χ1) is 9.41. The lowest BCUT2D eigenvalue weighted by molar-refractivity contribution is 0.353. The third-order valence-corrected chi connectivity index (χ3v) is 3.56. The molecule has 0 atom stereocenters. The van der Waals surface area contributed by atoms with Crippen LogP contribution in [0.3, 0.4) is 0 Å². The van der Waals surface area contributed by atoms with Gasteiger partial charge in [-0.1, -0.05) is 24.9 Å². The Kier molecular flexibility index (Phi) is 4.45. The van der Waals surface area contributed by atoms with Gasteiger partial charge in [0.15, 0.2) is 0 Å². The van der Waals surface area contributed by atoms with Gasteiger partial charge in [0.25, 0.3) is 5.56 Å². The van der Waals surface area contributed by atoms with Gasteiger partial charge in [0, 0.05) is 10.6 Å². The molecule has 108 valence electrons. The van der Waals surface area contributed by atoms with Gasteiger partial charge in [-0.3, -0.25) is 4.79 Å². The zero-order chi connectivity index (χ0) is 14.8. The molecule has 0 fully saturated rings. The molecule has 1 aromatic carbocycles. The fourth-order valence-corrected chi connectivity index (χ4v) is 2.45. The third kappa shape index (κ3) is 3.58. The van der Waals surface area contributed by atoms with E-state index in [4.69, 9.17) is 11.6 Å². The Bertz CT molecular complexity index is 664. The minimum absolute atomic E-state index is 0.0244. The zero-order valence-corrected chi connectivity index (χ0v) is 12.8. The maximum absolute atomic E-state index is 12.0. The van der Waals surface area contributed by atoms with Gasteiger partial charge in [0.05, 0.1) is 17.4 Å². The molecule has 0 aliphatic heterocycles. The molecule has 0 spiro atoms. The van der Waals surface area contributed by atoms with Gasteiger partial charge in [-0.25, -0.2) is 4.98 Å². The Hall–Kier alpha value is -1.39. The Morgan fingerprint density at radius 2 is 2.15 bits per heavy atom. The summed E-state index contributed by atoms with van der Waals surface area (Å²) < 4.78 is 0. The average Bonchev–Trinajstić information content (AvgIpc) is 2.36. The summed E-state index contributed by atoms with van der Waals surface area (Å²) in [5, 5.41) is 4.56. The molecule has 20 heavy (non-hydrogen) atoms. The largest absolute Gasteiger partial charge is 0.309 e. The Morgan fingerprint density at radius 3 is 2.85 bits per heavy atom. The van der Waals surface area contributed by atoms with Crippen LogP contribution in [-0.4, -0.2) is 15.5 Å². The van der Waals surface area contributed by atoms with Crippen molar-refractivity contribution < 1.29 is 0 Å². The highest BCUT2D eigenvalue weighted by Gasteiger charge is 2.16. The number of halogens is 1. The number of aromatic nitrogens is 2. The molecule has 0 saturated heterocycles. The molecule has 2 N–H and O–H groups in total. The van der Waals surface area contributed by atoms with Crippen LogP contribution in [0.1, 0.15) is 39.4 Å². The van der Waals surface area contributed by atoms with Crippen molar-refractivity contribution >= 4 is 22.5 Å². The predicted octanol–water partition coefficient (Wildman–Crippen LogP) is 3.24. The molecule has 5 heteroatoms. The lowest BCUT2D eigenvalue weighted by atomic mass is 9.99. The van der Waals surface area contributed by atoms with Gasteiger partial charge in [0.2, 0.25) is 0 Å². The summed E-state index contributed by atoms with van der Waals surface area (Å²) in [6.07, 6.45) is 2.17. The quantitative estimate of drug-likeness (QED) is 0.890. The molecule has 4 nitrogen and oxygen atoms in total. The number of fused-ring (bicyclic) bond motifs is 1. The normalized spacial score (nSPS) is 12.0. The average molecular weight is 294 g/mol. The SMILES string of the molecule is CCCC(C)(C)NCc1nc2cc(Cl)ccc2c(=O)[nH]1. The fourth-order valence-electron chi connectivity index (χ4n) is 2.28. The summed E-state index contributed by atoms with van der Waals surface area (Å²) in [4.78, 5) is 19.3. The summed E-state index contributed by atoms with van der Waals surface area (Å²) >= 11 is 5.95. The summed E-state index contributed by atoms with van der Waals surface area (Å²) in [6.45, 7) is 6.98. The number of hydrogen-bond donors (Lipinski definition) is 2. The van der Waals surface area contributed by atoms with E-state index in [2.05, 4.69) is 36.1 Å². The van der Waals surface area contributed by atoms with Crippen molar-refractivity contribution in [3.8, 4) is 0 Å². The lowest BCUT2D eigenvalue weighted by Crippen LogP contribution is -2.39. The second-order valence-corrected chi connectivity index (χ2v) is 6.10. The Labute approximate surface area is 123 Å². The van der Waals surface area contributed by atoms with Crippen LogP contribution in [0.2, 0.25) is 5.02 Å². The first-order valence-electron chi connectivity index (χ1n) is 6.85. The number of nitrogens with zero attached hydrogens (tertiary/aromatic N) is 1. The van der Waals surface area contributed by atoms with Crippen LogP contribution in [0.25, 0.3) is 10.9 Å². The maximum atomic E-state index is 12.0. The predicted molar refractivity (Wildman–Crippen MR) is 83.2 cm³/mol. The molecule has 0 amide bonds. The van der Waals surface area contributed by atoms with Crippen LogP contribution in [0.15, 0.2) is 23.0 Å². The molecule has 2 rings (SSSR count). The van der Waals surface area contributed by atoms with Gasteiger partial charge in [-0.2, -0.15) is 0 Å². The van der Waals surface area contributed by atoms with Gasteiger partial charge in [0.1, 0.15) is 5.82 Å². The fraction of sp³-hybridized carbons (Fsp3) is 0.467. The molecule has 0 aliphatic rings. The molecule has 0 radical (unpaired) electrons. The van der Waals surface area contributed by atoms with E-state index in [1.54, 1.807) is 18.2 Å². The molecule has 0 unspecified atom stereocenters. The zero-order valence-electron chi connectivity index (χ0n) is 12.1. The second kappa shape index (κ2) is 5.94. The van der Waals surface area contributed by atoms with Crippen LogP contribution in [-0.2, 0) is 6.54 Å². The summed E-state index contributed by atoms with van der Waals surface area (Å²) in [7, 11) is 0. The summed E-state index contributed by atoms with van der Waals surface area (Å²) in [5.41, 5.74) is 0.527. The second-order valence-electron chi connectivity index (χ2n) is 5.66. The van der Waals surface area contributed by atoms with Crippen molar-refractivity contribution in [1.82, 2.24) is 15.3 Å². The molecule has 0 saturated carbocycles. The van der Waals surface area contributed by atoms with Crippen molar-refractivity contribution in [2.45, 2.75) is 45.7 Å². The molecule has 0 aliphatic carbocycles. The van der Waals surface area contributed by atoms with E-state index in [-0.39, 0.29) is 11.1 Å². The van der Waals surface area contributed by atoms with Crippen LogP contribution >= 0.6 is 11.6 Å². The van der Waals surface area contributed by atoms with Crippen LogP contribution in [0, 0.1) is 0 Å². The standard InChI is InChI=1S/C15H20ClN3O/c1-4-7-15(2,3)17-9-13-18-12-8-10(16)5-6-11(12)14(20)19-13/h5-6,8,17H,4,7,9H2,1-3H3,(H,18,19,20). The number of benzene rings is 1. The lowest BCUT2D eigenvalue weighted by Gasteiger charge is -2.25. The summed E-state index contributed by atoms with van der Waals surface area (Å²) in [6, 6.07) is 5.11. The highest BCUT2D eigenvalue weighted by Crippen LogP contribution is 2.15.